The molecule has 0 spiro atoms. The second kappa shape index (κ2) is 5.75. The molecule has 1 aromatic heterocycles. The molecule has 2 aromatic rings. The number of hydrogen-bond acceptors (Lipinski definition) is 5. The number of nitriles is 1. The van der Waals surface area contributed by atoms with Crippen LogP contribution in [0.1, 0.15) is 5.56 Å². The molecule has 0 unspecified atom stereocenters. The number of aromatic hydroxyl groups is 1. The standard InChI is InChI=1S/C12H7Cl2N3O2S/c1-20-12-16-10(6(4-15)11(19)17-12)5-2-9(18)8(14)3-7(5)13/h2-3,18H,1H3,(H,16,17,19). The molecule has 0 saturated carbocycles. The first-order valence-electron chi connectivity index (χ1n) is 5.24. The van der Waals surface area contributed by atoms with Crippen LogP contribution in [0.5, 0.6) is 5.75 Å². The topological polar surface area (TPSA) is 89.8 Å². The first kappa shape index (κ1) is 14.7. The molecule has 1 aromatic carbocycles. The largest absolute Gasteiger partial charge is 0.506 e. The van der Waals surface area contributed by atoms with Gasteiger partial charge in [-0.2, -0.15) is 5.26 Å². The third kappa shape index (κ3) is 2.61. The molecule has 0 radical (unpaired) electrons. The fourth-order valence-corrected chi connectivity index (χ4v) is 2.42. The predicted molar refractivity (Wildman–Crippen MR) is 78.5 cm³/mol. The van der Waals surface area contributed by atoms with E-state index < -0.39 is 5.56 Å². The van der Waals surface area contributed by atoms with Gasteiger partial charge in [0.15, 0.2) is 5.16 Å². The van der Waals surface area contributed by atoms with Crippen LogP contribution in [-0.4, -0.2) is 21.3 Å². The summed E-state index contributed by atoms with van der Waals surface area (Å²) in [7, 11) is 0. The molecule has 0 aliphatic carbocycles. The van der Waals surface area contributed by atoms with Crippen LogP contribution < -0.4 is 5.56 Å². The molecule has 5 nitrogen and oxygen atoms in total. The van der Waals surface area contributed by atoms with E-state index in [0.717, 1.165) is 0 Å². The summed E-state index contributed by atoms with van der Waals surface area (Å²) in [5, 5.41) is 19.4. The van der Waals surface area contributed by atoms with E-state index in [0.29, 0.717) is 5.16 Å². The highest BCUT2D eigenvalue weighted by molar-refractivity contribution is 7.98. The number of aromatic amines is 1. The van der Waals surface area contributed by atoms with Gasteiger partial charge >= 0.3 is 0 Å². The van der Waals surface area contributed by atoms with Gasteiger partial charge in [-0.1, -0.05) is 35.0 Å². The highest BCUT2D eigenvalue weighted by Gasteiger charge is 2.17. The lowest BCUT2D eigenvalue weighted by Gasteiger charge is -2.08. The average molecular weight is 328 g/mol. The van der Waals surface area contributed by atoms with Crippen LogP contribution in [-0.2, 0) is 0 Å². The van der Waals surface area contributed by atoms with Crippen molar-refractivity contribution in [2.24, 2.45) is 0 Å². The van der Waals surface area contributed by atoms with Crippen molar-refractivity contribution in [2.45, 2.75) is 5.16 Å². The van der Waals surface area contributed by atoms with Gasteiger partial charge in [-0.15, -0.1) is 0 Å². The summed E-state index contributed by atoms with van der Waals surface area (Å²) >= 11 is 13.0. The third-order valence-electron chi connectivity index (χ3n) is 2.49. The van der Waals surface area contributed by atoms with Gasteiger partial charge in [-0.05, 0) is 18.4 Å². The van der Waals surface area contributed by atoms with E-state index in [-0.39, 0.29) is 32.6 Å². The molecular weight excluding hydrogens is 321 g/mol. The van der Waals surface area contributed by atoms with E-state index in [1.54, 1.807) is 12.3 Å². The van der Waals surface area contributed by atoms with E-state index in [1.807, 2.05) is 0 Å². The van der Waals surface area contributed by atoms with Crippen molar-refractivity contribution in [2.75, 3.05) is 6.26 Å². The van der Waals surface area contributed by atoms with Crippen molar-refractivity contribution in [3.05, 3.63) is 38.1 Å². The number of halogens is 2. The lowest BCUT2D eigenvalue weighted by molar-refractivity contribution is 0.476. The van der Waals surface area contributed by atoms with Crippen LogP contribution in [0, 0.1) is 11.3 Å². The number of benzene rings is 1. The Morgan fingerprint density at radius 3 is 2.70 bits per heavy atom. The Morgan fingerprint density at radius 2 is 2.10 bits per heavy atom. The number of hydrogen-bond donors (Lipinski definition) is 2. The first-order chi connectivity index (χ1) is 9.47. The number of thioether (sulfide) groups is 1. The maximum atomic E-state index is 11.8. The van der Waals surface area contributed by atoms with E-state index in [4.69, 9.17) is 28.5 Å². The van der Waals surface area contributed by atoms with Crippen molar-refractivity contribution in [1.29, 1.82) is 5.26 Å². The maximum absolute atomic E-state index is 11.8. The molecule has 0 aliphatic heterocycles. The minimum absolute atomic E-state index is 0.0761. The molecule has 1 heterocycles. The summed E-state index contributed by atoms with van der Waals surface area (Å²) < 4.78 is 0. The van der Waals surface area contributed by atoms with Gasteiger partial charge in [-0.3, -0.25) is 4.79 Å². The molecule has 0 atom stereocenters. The van der Waals surface area contributed by atoms with Gasteiger partial charge in [0.2, 0.25) is 0 Å². The lowest BCUT2D eigenvalue weighted by Crippen LogP contribution is -2.14. The summed E-state index contributed by atoms with van der Waals surface area (Å²) in [5.74, 6) is -0.206. The summed E-state index contributed by atoms with van der Waals surface area (Å²) in [6, 6.07) is 4.39. The van der Waals surface area contributed by atoms with E-state index in [2.05, 4.69) is 9.97 Å². The molecule has 0 saturated heterocycles. The minimum atomic E-state index is -0.563. The smallest absolute Gasteiger partial charge is 0.270 e. The molecule has 0 amide bonds. The SMILES string of the molecule is CSc1nc(-c2cc(O)c(Cl)cc2Cl)c(C#N)c(=O)[nH]1. The third-order valence-corrected chi connectivity index (χ3v) is 3.69. The predicted octanol–water partition coefficient (Wildman–Crippen LogP) is 3.04. The van der Waals surface area contributed by atoms with Gasteiger partial charge in [-0.25, -0.2) is 4.98 Å². The Kier molecular flexibility index (Phi) is 4.23. The number of nitrogens with zero attached hydrogens (tertiary/aromatic N) is 2. The number of aromatic nitrogens is 2. The number of H-pyrrole nitrogens is 1. The maximum Gasteiger partial charge on any atom is 0.270 e. The van der Waals surface area contributed by atoms with Gasteiger partial charge in [0, 0.05) is 5.56 Å². The van der Waals surface area contributed by atoms with Crippen molar-refractivity contribution < 1.29 is 5.11 Å². The summed E-state index contributed by atoms with van der Waals surface area (Å²) in [4.78, 5) is 18.5. The Bertz CT molecular complexity index is 783. The lowest BCUT2D eigenvalue weighted by atomic mass is 10.1. The zero-order valence-corrected chi connectivity index (χ0v) is 12.4. The second-order valence-electron chi connectivity index (χ2n) is 3.69. The van der Waals surface area contributed by atoms with Gasteiger partial charge in [0.1, 0.15) is 17.4 Å². The van der Waals surface area contributed by atoms with Crippen LogP contribution in [0.15, 0.2) is 22.1 Å². The Labute approximate surface area is 128 Å². The van der Waals surface area contributed by atoms with Crippen LogP contribution >= 0.6 is 35.0 Å². The zero-order chi connectivity index (χ0) is 14.9. The van der Waals surface area contributed by atoms with Crippen molar-refractivity contribution in [1.82, 2.24) is 9.97 Å². The normalized spacial score (nSPS) is 10.3. The van der Waals surface area contributed by atoms with Crippen molar-refractivity contribution in [3.63, 3.8) is 0 Å². The van der Waals surface area contributed by atoms with Crippen molar-refractivity contribution >= 4 is 35.0 Å². The number of rotatable bonds is 2. The molecule has 0 aliphatic rings. The fourth-order valence-electron chi connectivity index (χ4n) is 1.57. The van der Waals surface area contributed by atoms with Crippen LogP contribution in [0.4, 0.5) is 0 Å². The van der Waals surface area contributed by atoms with Gasteiger partial charge < -0.3 is 10.1 Å². The van der Waals surface area contributed by atoms with Crippen LogP contribution in [0.3, 0.4) is 0 Å². The van der Waals surface area contributed by atoms with Gasteiger partial charge in [0.25, 0.3) is 5.56 Å². The quantitative estimate of drug-likeness (QED) is 0.653. The summed E-state index contributed by atoms with van der Waals surface area (Å²) in [5.41, 5.74) is -0.358. The molecule has 102 valence electrons. The Balaban J connectivity index is 2.82. The molecule has 20 heavy (non-hydrogen) atoms. The fraction of sp³-hybridized carbons (Fsp3) is 0.0833. The van der Waals surface area contributed by atoms with Gasteiger partial charge in [0.05, 0.1) is 15.7 Å². The number of phenols is 1. The van der Waals surface area contributed by atoms with E-state index >= 15 is 0 Å². The van der Waals surface area contributed by atoms with Crippen LogP contribution in [0.25, 0.3) is 11.3 Å². The average Bonchev–Trinajstić information content (AvgIpc) is 2.42. The van der Waals surface area contributed by atoms with Crippen molar-refractivity contribution in [3.8, 4) is 23.1 Å². The second-order valence-corrected chi connectivity index (χ2v) is 5.30. The molecule has 8 heteroatoms. The Hall–Kier alpha value is -1.68. The highest BCUT2D eigenvalue weighted by atomic mass is 35.5. The highest BCUT2D eigenvalue weighted by Crippen LogP contribution is 2.36. The number of nitrogens with one attached hydrogen (secondary N) is 1. The summed E-state index contributed by atoms with van der Waals surface area (Å²) in [6.07, 6.45) is 1.73. The zero-order valence-electron chi connectivity index (χ0n) is 10.1. The van der Waals surface area contributed by atoms with E-state index in [9.17, 15) is 9.90 Å². The minimum Gasteiger partial charge on any atom is -0.506 e. The molecule has 0 fully saturated rings. The summed E-state index contributed by atoms with van der Waals surface area (Å²) in [6.45, 7) is 0. The number of phenolic OH excluding ortho intramolecular Hbond substituents is 1. The van der Waals surface area contributed by atoms with E-state index in [1.165, 1.54) is 23.9 Å². The Morgan fingerprint density at radius 1 is 1.40 bits per heavy atom. The molecule has 2 N–H and O–H groups in total. The molecule has 0 bridgehead atoms. The monoisotopic (exact) mass is 327 g/mol. The molecular formula is C12H7Cl2N3O2S. The molecule has 2 rings (SSSR count). The van der Waals surface area contributed by atoms with Crippen LogP contribution in [0.2, 0.25) is 10.0 Å². The first-order valence-corrected chi connectivity index (χ1v) is 7.22.